The molecule has 0 saturated heterocycles. The van der Waals surface area contributed by atoms with Crippen molar-refractivity contribution < 1.29 is 9.53 Å². The van der Waals surface area contributed by atoms with E-state index in [9.17, 15) is 4.79 Å². The average Bonchev–Trinajstić information content (AvgIpc) is 2.09. The summed E-state index contributed by atoms with van der Waals surface area (Å²) in [7, 11) is 0. The van der Waals surface area contributed by atoms with E-state index in [-0.39, 0.29) is 5.91 Å². The number of amides is 1. The van der Waals surface area contributed by atoms with Gasteiger partial charge >= 0.3 is 0 Å². The summed E-state index contributed by atoms with van der Waals surface area (Å²) < 4.78 is 5.10. The minimum atomic E-state index is 0.0658. The first-order valence-electron chi connectivity index (χ1n) is 4.26. The van der Waals surface area contributed by atoms with Crippen molar-refractivity contribution in [3.05, 3.63) is 0 Å². The van der Waals surface area contributed by atoms with Crippen LogP contribution in [0.3, 0.4) is 0 Å². The third kappa shape index (κ3) is 7.88. The van der Waals surface area contributed by atoms with Crippen LogP contribution in [0.5, 0.6) is 0 Å². The maximum absolute atomic E-state index is 11.0. The van der Waals surface area contributed by atoms with E-state index in [0.717, 1.165) is 13.0 Å². The molecule has 0 aromatic heterocycles. The molecule has 1 amide bonds. The molecule has 0 fully saturated rings. The Hall–Kier alpha value is -0.220. The molecule has 0 saturated carbocycles. The fraction of sp³-hybridized carbons (Fsp3) is 0.875. The molecule has 4 heteroatoms. The van der Waals surface area contributed by atoms with Gasteiger partial charge in [-0.25, -0.2) is 0 Å². The Kier molecular flexibility index (Phi) is 8.71. The molecule has 0 aliphatic heterocycles. The molecule has 0 aromatic rings. The molecule has 0 atom stereocenters. The number of hydrogen-bond acceptors (Lipinski definition) is 3. The molecule has 12 heavy (non-hydrogen) atoms. The predicted octanol–water partition coefficient (Wildman–Crippen LogP) is 0.849. The summed E-state index contributed by atoms with van der Waals surface area (Å²) in [5.41, 5.74) is 0. The third-order valence-electron chi connectivity index (χ3n) is 1.28. The van der Waals surface area contributed by atoms with Crippen LogP contribution in [0.2, 0.25) is 0 Å². The van der Waals surface area contributed by atoms with Crippen LogP contribution in [0.4, 0.5) is 0 Å². The Bertz CT molecular complexity index is 120. The highest BCUT2D eigenvalue weighted by atomic mass is 32.1. The van der Waals surface area contributed by atoms with Crippen molar-refractivity contribution in [3.8, 4) is 0 Å². The first kappa shape index (κ1) is 11.8. The van der Waals surface area contributed by atoms with E-state index in [1.807, 2.05) is 6.92 Å². The molecule has 72 valence electrons. The van der Waals surface area contributed by atoms with Gasteiger partial charge < -0.3 is 10.1 Å². The lowest BCUT2D eigenvalue weighted by Gasteiger charge is -2.03. The number of ether oxygens (including phenoxy) is 1. The van der Waals surface area contributed by atoms with Crippen LogP contribution in [0.25, 0.3) is 0 Å². The second kappa shape index (κ2) is 8.87. The monoisotopic (exact) mass is 191 g/mol. The fourth-order valence-corrected chi connectivity index (χ4v) is 0.813. The van der Waals surface area contributed by atoms with E-state index in [2.05, 4.69) is 17.9 Å². The molecule has 1 N–H and O–H groups in total. The molecule has 0 radical (unpaired) electrons. The highest BCUT2D eigenvalue weighted by Crippen LogP contribution is 1.84. The number of carbonyl (C=O) groups excluding carboxylic acids is 1. The topological polar surface area (TPSA) is 38.3 Å². The lowest BCUT2D eigenvalue weighted by molar-refractivity contribution is -0.122. The van der Waals surface area contributed by atoms with Gasteiger partial charge in [0.2, 0.25) is 5.91 Å². The lowest BCUT2D eigenvalue weighted by atomic mass is 10.4. The molecule has 0 rings (SSSR count). The van der Waals surface area contributed by atoms with Gasteiger partial charge in [0, 0.05) is 18.7 Å². The average molecular weight is 191 g/mol. The standard InChI is InChI=1S/C8H17NO2S/c1-2-4-9-8(10)3-5-11-6-7-12/h12H,2-7H2,1H3,(H,9,10). The molecule has 0 heterocycles. The van der Waals surface area contributed by atoms with Crippen molar-refractivity contribution >= 4 is 18.5 Å². The Morgan fingerprint density at radius 1 is 1.50 bits per heavy atom. The minimum absolute atomic E-state index is 0.0658. The SMILES string of the molecule is CCCNC(=O)CCOCCS. The van der Waals surface area contributed by atoms with Crippen LogP contribution >= 0.6 is 12.6 Å². The Labute approximate surface area is 79.3 Å². The first-order valence-corrected chi connectivity index (χ1v) is 4.89. The third-order valence-corrected chi connectivity index (χ3v) is 1.46. The molecule has 0 aromatic carbocycles. The summed E-state index contributed by atoms with van der Waals surface area (Å²) in [5.74, 6) is 0.771. The van der Waals surface area contributed by atoms with Crippen LogP contribution in [0, 0.1) is 0 Å². The lowest BCUT2D eigenvalue weighted by Crippen LogP contribution is -2.25. The van der Waals surface area contributed by atoms with Gasteiger partial charge in [-0.2, -0.15) is 12.6 Å². The van der Waals surface area contributed by atoms with E-state index in [1.54, 1.807) is 0 Å². The quantitative estimate of drug-likeness (QED) is 0.462. The van der Waals surface area contributed by atoms with Crippen molar-refractivity contribution in [2.24, 2.45) is 0 Å². The highest BCUT2D eigenvalue weighted by molar-refractivity contribution is 7.80. The zero-order valence-corrected chi connectivity index (χ0v) is 8.40. The van der Waals surface area contributed by atoms with Gasteiger partial charge in [-0.1, -0.05) is 6.92 Å². The van der Waals surface area contributed by atoms with E-state index in [0.29, 0.717) is 25.4 Å². The maximum Gasteiger partial charge on any atom is 0.222 e. The summed E-state index contributed by atoms with van der Waals surface area (Å²) >= 11 is 3.98. The van der Waals surface area contributed by atoms with E-state index in [4.69, 9.17) is 4.74 Å². The van der Waals surface area contributed by atoms with Crippen molar-refractivity contribution in [1.82, 2.24) is 5.32 Å². The van der Waals surface area contributed by atoms with Crippen LogP contribution in [-0.4, -0.2) is 31.4 Å². The maximum atomic E-state index is 11.0. The number of hydrogen-bond donors (Lipinski definition) is 2. The summed E-state index contributed by atoms with van der Waals surface area (Å²) in [6.07, 6.45) is 1.43. The largest absolute Gasteiger partial charge is 0.380 e. The molecule has 3 nitrogen and oxygen atoms in total. The molecule has 0 aliphatic carbocycles. The summed E-state index contributed by atoms with van der Waals surface area (Å²) in [6.45, 7) is 3.89. The second-order valence-corrected chi connectivity index (χ2v) is 2.88. The van der Waals surface area contributed by atoms with Crippen LogP contribution in [-0.2, 0) is 9.53 Å². The molecule has 0 unspecified atom stereocenters. The summed E-state index contributed by atoms with van der Waals surface area (Å²) in [4.78, 5) is 11.0. The van der Waals surface area contributed by atoms with Crippen molar-refractivity contribution in [2.45, 2.75) is 19.8 Å². The van der Waals surface area contributed by atoms with Crippen LogP contribution in [0.15, 0.2) is 0 Å². The van der Waals surface area contributed by atoms with Crippen LogP contribution < -0.4 is 5.32 Å². The van der Waals surface area contributed by atoms with E-state index >= 15 is 0 Å². The van der Waals surface area contributed by atoms with Gasteiger partial charge in [0.25, 0.3) is 0 Å². The fourth-order valence-electron chi connectivity index (χ4n) is 0.684. The summed E-state index contributed by atoms with van der Waals surface area (Å²) in [5, 5.41) is 2.77. The molecule has 0 bridgehead atoms. The number of rotatable bonds is 7. The molecule has 0 spiro atoms. The van der Waals surface area contributed by atoms with Gasteiger partial charge in [-0.15, -0.1) is 0 Å². The number of nitrogens with one attached hydrogen (secondary N) is 1. The molecular formula is C8H17NO2S. The summed E-state index contributed by atoms with van der Waals surface area (Å²) in [6, 6.07) is 0. The highest BCUT2D eigenvalue weighted by Gasteiger charge is 1.98. The Morgan fingerprint density at radius 2 is 2.25 bits per heavy atom. The predicted molar refractivity (Wildman–Crippen MR) is 52.6 cm³/mol. The Morgan fingerprint density at radius 3 is 2.83 bits per heavy atom. The first-order chi connectivity index (χ1) is 5.81. The van der Waals surface area contributed by atoms with Gasteiger partial charge in [0.1, 0.15) is 0 Å². The van der Waals surface area contributed by atoms with Crippen LogP contribution in [0.1, 0.15) is 19.8 Å². The van der Waals surface area contributed by atoms with Gasteiger partial charge in [0.05, 0.1) is 13.2 Å². The molecule has 0 aliphatic rings. The zero-order valence-electron chi connectivity index (χ0n) is 7.51. The van der Waals surface area contributed by atoms with Gasteiger partial charge in [-0.3, -0.25) is 4.79 Å². The molecular weight excluding hydrogens is 174 g/mol. The minimum Gasteiger partial charge on any atom is -0.380 e. The van der Waals surface area contributed by atoms with Gasteiger partial charge in [0.15, 0.2) is 0 Å². The van der Waals surface area contributed by atoms with Crippen molar-refractivity contribution in [2.75, 3.05) is 25.5 Å². The van der Waals surface area contributed by atoms with E-state index < -0.39 is 0 Å². The smallest absolute Gasteiger partial charge is 0.222 e. The van der Waals surface area contributed by atoms with E-state index in [1.165, 1.54) is 0 Å². The number of carbonyl (C=O) groups is 1. The van der Waals surface area contributed by atoms with Crippen molar-refractivity contribution in [1.29, 1.82) is 0 Å². The normalized spacial score (nSPS) is 9.83. The van der Waals surface area contributed by atoms with Crippen molar-refractivity contribution in [3.63, 3.8) is 0 Å². The second-order valence-electron chi connectivity index (χ2n) is 2.44. The number of thiol groups is 1. The zero-order chi connectivity index (χ0) is 9.23. The Balaban J connectivity index is 3.08. The van der Waals surface area contributed by atoms with Gasteiger partial charge in [-0.05, 0) is 6.42 Å².